The number of aryl methyl sites for hydroxylation is 1. The number of amides is 1. The number of aromatic nitrogens is 2. The van der Waals surface area contributed by atoms with Gasteiger partial charge in [-0.1, -0.05) is 11.6 Å². The van der Waals surface area contributed by atoms with E-state index in [4.69, 9.17) is 23.2 Å². The number of halogens is 2. The summed E-state index contributed by atoms with van der Waals surface area (Å²) in [6.07, 6.45) is 1.16. The summed E-state index contributed by atoms with van der Waals surface area (Å²) in [6.45, 7) is 4.82. The summed E-state index contributed by atoms with van der Waals surface area (Å²) in [5.74, 6) is 0.845. The van der Waals surface area contributed by atoms with Gasteiger partial charge in [-0.25, -0.2) is 9.97 Å². The third-order valence-corrected chi connectivity index (χ3v) is 5.17. The number of rotatable bonds is 2. The first kappa shape index (κ1) is 15.7. The van der Waals surface area contributed by atoms with Crippen molar-refractivity contribution in [2.45, 2.75) is 26.4 Å². The Hall–Kier alpha value is -1.85. The molecule has 0 radical (unpaired) electrons. The zero-order valence-electron chi connectivity index (χ0n) is 13.2. The summed E-state index contributed by atoms with van der Waals surface area (Å²) in [5, 5.41) is 0.904. The highest BCUT2D eigenvalue weighted by molar-refractivity contribution is 6.31. The lowest BCUT2D eigenvalue weighted by Crippen LogP contribution is -2.38. The number of hydrogen-bond donors (Lipinski definition) is 0. The van der Waals surface area contributed by atoms with Crippen molar-refractivity contribution < 1.29 is 4.79 Å². The maximum absolute atomic E-state index is 12.8. The van der Waals surface area contributed by atoms with Gasteiger partial charge in [-0.05, 0) is 48.7 Å². The molecule has 0 atom stereocenters. The highest BCUT2D eigenvalue weighted by Gasteiger charge is 2.32. The van der Waals surface area contributed by atoms with E-state index in [0.717, 1.165) is 42.1 Å². The molecule has 2 aromatic rings. The Kier molecular flexibility index (Phi) is 3.85. The standard InChI is InChI=1S/C17H16Cl2N4O/c1-10-7-11(3-4-13(10)18)16(24)23-8-12-14(9-23)20-17(19)21-15(12)22-5-2-6-22/h3-4,7H,2,5-6,8-9H2,1H3. The van der Waals surface area contributed by atoms with Gasteiger partial charge in [0.05, 0.1) is 18.8 Å². The Balaban J connectivity index is 1.63. The largest absolute Gasteiger partial charge is 0.356 e. The fraction of sp³-hybridized carbons (Fsp3) is 0.353. The van der Waals surface area contributed by atoms with Gasteiger partial charge in [0, 0.05) is 29.2 Å². The molecule has 4 rings (SSSR count). The highest BCUT2D eigenvalue weighted by atomic mass is 35.5. The number of carbonyl (C=O) groups excluding carboxylic acids is 1. The van der Waals surface area contributed by atoms with E-state index in [2.05, 4.69) is 14.9 Å². The number of anilines is 1. The molecule has 1 saturated heterocycles. The van der Waals surface area contributed by atoms with Crippen molar-refractivity contribution >= 4 is 34.9 Å². The average molecular weight is 363 g/mol. The molecular weight excluding hydrogens is 347 g/mol. The summed E-state index contributed by atoms with van der Waals surface area (Å²) >= 11 is 12.1. The molecule has 1 aromatic carbocycles. The number of nitrogens with zero attached hydrogens (tertiary/aromatic N) is 4. The minimum absolute atomic E-state index is 0.0292. The van der Waals surface area contributed by atoms with Crippen LogP contribution in [0.15, 0.2) is 18.2 Å². The molecule has 0 aliphatic carbocycles. The zero-order valence-corrected chi connectivity index (χ0v) is 14.7. The van der Waals surface area contributed by atoms with E-state index in [1.165, 1.54) is 0 Å². The first-order valence-electron chi connectivity index (χ1n) is 7.88. The van der Waals surface area contributed by atoms with Gasteiger partial charge in [0.15, 0.2) is 0 Å². The molecular formula is C17H16Cl2N4O. The van der Waals surface area contributed by atoms with Crippen LogP contribution in [0, 0.1) is 6.92 Å². The van der Waals surface area contributed by atoms with Crippen LogP contribution in [0.2, 0.25) is 10.3 Å². The van der Waals surface area contributed by atoms with Gasteiger partial charge < -0.3 is 9.80 Å². The SMILES string of the molecule is Cc1cc(C(=O)N2Cc3nc(Cl)nc(N4CCC4)c3C2)ccc1Cl. The van der Waals surface area contributed by atoms with Gasteiger partial charge in [-0.3, -0.25) is 4.79 Å². The van der Waals surface area contributed by atoms with Crippen molar-refractivity contribution in [3.8, 4) is 0 Å². The summed E-state index contributed by atoms with van der Waals surface area (Å²) in [7, 11) is 0. The van der Waals surface area contributed by atoms with Crippen LogP contribution in [0.5, 0.6) is 0 Å². The first-order chi connectivity index (χ1) is 11.5. The lowest BCUT2D eigenvalue weighted by atomic mass is 10.1. The molecule has 7 heteroatoms. The van der Waals surface area contributed by atoms with Crippen molar-refractivity contribution in [3.05, 3.63) is 50.9 Å². The minimum atomic E-state index is -0.0292. The molecule has 0 N–H and O–H groups in total. The molecule has 24 heavy (non-hydrogen) atoms. The van der Waals surface area contributed by atoms with Crippen molar-refractivity contribution in [1.82, 2.24) is 14.9 Å². The molecule has 2 aliphatic heterocycles. The molecule has 0 saturated carbocycles. The Morgan fingerprint density at radius 3 is 2.62 bits per heavy atom. The van der Waals surface area contributed by atoms with E-state index in [0.29, 0.717) is 23.7 Å². The number of hydrogen-bond acceptors (Lipinski definition) is 4. The quantitative estimate of drug-likeness (QED) is 0.767. The maximum atomic E-state index is 12.8. The van der Waals surface area contributed by atoms with E-state index in [1.54, 1.807) is 17.0 Å². The lowest BCUT2D eigenvalue weighted by molar-refractivity contribution is 0.0750. The highest BCUT2D eigenvalue weighted by Crippen LogP contribution is 2.33. The third kappa shape index (κ3) is 2.62. The predicted octanol–water partition coefficient (Wildman–Crippen LogP) is 3.46. The number of fused-ring (bicyclic) bond motifs is 1. The molecule has 2 aliphatic rings. The lowest BCUT2D eigenvalue weighted by Gasteiger charge is -2.33. The molecule has 0 bridgehead atoms. The second kappa shape index (κ2) is 5.90. The first-order valence-corrected chi connectivity index (χ1v) is 8.64. The van der Waals surface area contributed by atoms with Gasteiger partial charge in [0.25, 0.3) is 5.91 Å². The fourth-order valence-corrected chi connectivity index (χ4v) is 3.40. The van der Waals surface area contributed by atoms with Crippen LogP contribution >= 0.6 is 23.2 Å². The van der Waals surface area contributed by atoms with Crippen LogP contribution in [0.25, 0.3) is 0 Å². The van der Waals surface area contributed by atoms with E-state index < -0.39 is 0 Å². The summed E-state index contributed by atoms with van der Waals surface area (Å²) in [5.41, 5.74) is 3.38. The zero-order chi connectivity index (χ0) is 16.8. The van der Waals surface area contributed by atoms with E-state index in [-0.39, 0.29) is 11.2 Å². The molecule has 0 unspecified atom stereocenters. The second-order valence-corrected chi connectivity index (χ2v) is 6.95. The molecule has 3 heterocycles. The topological polar surface area (TPSA) is 49.3 Å². The summed E-state index contributed by atoms with van der Waals surface area (Å²) < 4.78 is 0. The molecule has 5 nitrogen and oxygen atoms in total. The van der Waals surface area contributed by atoms with E-state index in [9.17, 15) is 4.79 Å². The van der Waals surface area contributed by atoms with Gasteiger partial charge in [-0.2, -0.15) is 0 Å². The van der Waals surface area contributed by atoms with Gasteiger partial charge in [-0.15, -0.1) is 0 Å². The van der Waals surface area contributed by atoms with E-state index in [1.807, 2.05) is 13.0 Å². The van der Waals surface area contributed by atoms with Gasteiger partial charge in [0.2, 0.25) is 5.28 Å². The second-order valence-electron chi connectivity index (χ2n) is 6.21. The maximum Gasteiger partial charge on any atom is 0.254 e. The minimum Gasteiger partial charge on any atom is -0.356 e. The molecule has 1 amide bonds. The van der Waals surface area contributed by atoms with Crippen molar-refractivity contribution in [1.29, 1.82) is 0 Å². The monoisotopic (exact) mass is 362 g/mol. The Bertz CT molecular complexity index is 836. The summed E-state index contributed by atoms with van der Waals surface area (Å²) in [6, 6.07) is 5.34. The Morgan fingerprint density at radius 2 is 1.96 bits per heavy atom. The molecule has 1 aromatic heterocycles. The Labute approximate surface area is 150 Å². The molecule has 1 fully saturated rings. The fourth-order valence-electron chi connectivity index (χ4n) is 3.10. The normalized spacial score (nSPS) is 16.1. The van der Waals surface area contributed by atoms with Crippen LogP contribution in [0.1, 0.15) is 33.6 Å². The van der Waals surface area contributed by atoms with Gasteiger partial charge >= 0.3 is 0 Å². The van der Waals surface area contributed by atoms with Crippen LogP contribution in [-0.4, -0.2) is 33.9 Å². The van der Waals surface area contributed by atoms with Crippen LogP contribution in [0.3, 0.4) is 0 Å². The molecule has 0 spiro atoms. The number of benzene rings is 1. The van der Waals surface area contributed by atoms with Crippen LogP contribution < -0.4 is 4.90 Å². The van der Waals surface area contributed by atoms with Crippen LogP contribution in [-0.2, 0) is 13.1 Å². The molecule has 124 valence electrons. The third-order valence-electron chi connectivity index (χ3n) is 4.58. The predicted molar refractivity (Wildman–Crippen MR) is 93.6 cm³/mol. The van der Waals surface area contributed by atoms with Gasteiger partial charge in [0.1, 0.15) is 5.82 Å². The smallest absolute Gasteiger partial charge is 0.254 e. The Morgan fingerprint density at radius 1 is 1.17 bits per heavy atom. The number of carbonyl (C=O) groups is 1. The van der Waals surface area contributed by atoms with Crippen LogP contribution in [0.4, 0.5) is 5.82 Å². The van der Waals surface area contributed by atoms with Crippen molar-refractivity contribution in [3.63, 3.8) is 0 Å². The average Bonchev–Trinajstić information content (AvgIpc) is 2.91. The van der Waals surface area contributed by atoms with Crippen molar-refractivity contribution in [2.75, 3.05) is 18.0 Å². The summed E-state index contributed by atoms with van der Waals surface area (Å²) in [4.78, 5) is 25.5. The van der Waals surface area contributed by atoms with E-state index >= 15 is 0 Å². The van der Waals surface area contributed by atoms with Crippen molar-refractivity contribution in [2.24, 2.45) is 0 Å².